The lowest BCUT2D eigenvalue weighted by Gasteiger charge is -2.13. The summed E-state index contributed by atoms with van der Waals surface area (Å²) in [6.07, 6.45) is 4.54. The SMILES string of the molecule is CC(C)c1ccc(N=CCc2ccccn2)c(C(C)C)c1. The molecule has 2 heteroatoms. The fraction of sp³-hybridized carbons (Fsp3) is 0.368. The van der Waals surface area contributed by atoms with Crippen molar-refractivity contribution in [3.8, 4) is 0 Å². The Kier molecular flexibility index (Phi) is 5.26. The van der Waals surface area contributed by atoms with E-state index in [1.54, 1.807) is 0 Å². The summed E-state index contributed by atoms with van der Waals surface area (Å²) in [5.41, 5.74) is 4.82. The van der Waals surface area contributed by atoms with Gasteiger partial charge < -0.3 is 0 Å². The molecule has 0 atom stereocenters. The van der Waals surface area contributed by atoms with Gasteiger partial charge >= 0.3 is 0 Å². The van der Waals surface area contributed by atoms with Gasteiger partial charge in [-0.2, -0.15) is 0 Å². The molecule has 0 aliphatic carbocycles. The molecular weight excluding hydrogens is 256 g/mol. The molecule has 21 heavy (non-hydrogen) atoms. The monoisotopic (exact) mass is 280 g/mol. The molecule has 0 radical (unpaired) electrons. The molecule has 0 saturated heterocycles. The van der Waals surface area contributed by atoms with E-state index in [2.05, 4.69) is 55.9 Å². The first-order chi connectivity index (χ1) is 10.1. The van der Waals surface area contributed by atoms with Gasteiger partial charge in [-0.25, -0.2) is 0 Å². The largest absolute Gasteiger partial charge is 0.261 e. The van der Waals surface area contributed by atoms with E-state index in [-0.39, 0.29) is 0 Å². The molecule has 110 valence electrons. The van der Waals surface area contributed by atoms with Gasteiger partial charge in [0, 0.05) is 24.5 Å². The van der Waals surface area contributed by atoms with Crippen molar-refractivity contribution in [1.82, 2.24) is 4.98 Å². The van der Waals surface area contributed by atoms with E-state index < -0.39 is 0 Å². The molecular formula is C19H24N2. The molecule has 0 amide bonds. The average molecular weight is 280 g/mol. The number of aliphatic imine (C=N–C) groups is 1. The molecule has 0 fully saturated rings. The predicted molar refractivity (Wildman–Crippen MR) is 90.7 cm³/mol. The highest BCUT2D eigenvalue weighted by atomic mass is 14.7. The van der Waals surface area contributed by atoms with E-state index in [9.17, 15) is 0 Å². The minimum Gasteiger partial charge on any atom is -0.261 e. The van der Waals surface area contributed by atoms with Crippen LogP contribution in [0.2, 0.25) is 0 Å². The smallest absolute Gasteiger partial charge is 0.0660 e. The second kappa shape index (κ2) is 7.16. The Morgan fingerprint density at radius 1 is 1.05 bits per heavy atom. The summed E-state index contributed by atoms with van der Waals surface area (Å²) < 4.78 is 0. The molecule has 1 aromatic heterocycles. The first-order valence-electron chi connectivity index (χ1n) is 7.64. The van der Waals surface area contributed by atoms with Gasteiger partial charge in [0.1, 0.15) is 0 Å². The normalized spacial score (nSPS) is 11.7. The Labute approximate surface area is 128 Å². The van der Waals surface area contributed by atoms with Gasteiger partial charge in [-0.1, -0.05) is 45.9 Å². The zero-order valence-electron chi connectivity index (χ0n) is 13.4. The molecule has 0 N–H and O–H groups in total. The van der Waals surface area contributed by atoms with Crippen LogP contribution in [0, 0.1) is 0 Å². The molecule has 2 aromatic rings. The number of nitrogens with zero attached hydrogens (tertiary/aromatic N) is 2. The third kappa shape index (κ3) is 4.25. The summed E-state index contributed by atoms with van der Waals surface area (Å²) in [4.78, 5) is 8.97. The number of pyridine rings is 1. The first-order valence-corrected chi connectivity index (χ1v) is 7.64. The summed E-state index contributed by atoms with van der Waals surface area (Å²) in [5, 5.41) is 0. The Hall–Kier alpha value is -1.96. The fourth-order valence-corrected chi connectivity index (χ4v) is 2.27. The van der Waals surface area contributed by atoms with Crippen LogP contribution in [0.1, 0.15) is 56.4 Å². The summed E-state index contributed by atoms with van der Waals surface area (Å²) in [6, 6.07) is 12.6. The molecule has 0 spiro atoms. The van der Waals surface area contributed by atoms with Crippen LogP contribution in [-0.4, -0.2) is 11.2 Å². The number of hydrogen-bond acceptors (Lipinski definition) is 2. The average Bonchev–Trinajstić information content (AvgIpc) is 2.48. The van der Waals surface area contributed by atoms with Crippen LogP contribution in [0.4, 0.5) is 5.69 Å². The molecule has 0 bridgehead atoms. The van der Waals surface area contributed by atoms with Crippen molar-refractivity contribution < 1.29 is 0 Å². The Bertz CT molecular complexity index is 598. The molecule has 1 heterocycles. The third-order valence-electron chi connectivity index (χ3n) is 3.60. The minimum atomic E-state index is 0.478. The third-order valence-corrected chi connectivity index (χ3v) is 3.60. The lowest BCUT2D eigenvalue weighted by Crippen LogP contribution is -1.94. The standard InChI is InChI=1S/C19H24N2/c1-14(2)16-8-9-19(18(13-16)15(3)4)21-12-10-17-7-5-6-11-20-17/h5-9,11-15H,10H2,1-4H3. The van der Waals surface area contributed by atoms with Crippen molar-refractivity contribution in [3.05, 3.63) is 59.4 Å². The van der Waals surface area contributed by atoms with Crippen LogP contribution in [0.15, 0.2) is 47.6 Å². The summed E-state index contributed by atoms with van der Waals surface area (Å²) >= 11 is 0. The predicted octanol–water partition coefficient (Wildman–Crippen LogP) is 5.27. The van der Waals surface area contributed by atoms with Crippen molar-refractivity contribution in [2.75, 3.05) is 0 Å². The number of hydrogen-bond donors (Lipinski definition) is 0. The van der Waals surface area contributed by atoms with Gasteiger partial charge in [-0.05, 0) is 41.2 Å². The maximum atomic E-state index is 4.66. The van der Waals surface area contributed by atoms with Crippen molar-refractivity contribution >= 4 is 11.9 Å². The Morgan fingerprint density at radius 3 is 2.48 bits per heavy atom. The van der Waals surface area contributed by atoms with Crippen LogP contribution >= 0.6 is 0 Å². The van der Waals surface area contributed by atoms with E-state index in [0.717, 1.165) is 17.8 Å². The van der Waals surface area contributed by atoms with E-state index >= 15 is 0 Å². The number of aromatic nitrogens is 1. The summed E-state index contributed by atoms with van der Waals surface area (Å²) in [6.45, 7) is 8.89. The van der Waals surface area contributed by atoms with Gasteiger partial charge in [-0.15, -0.1) is 0 Å². The molecule has 1 aromatic carbocycles. The van der Waals surface area contributed by atoms with Crippen LogP contribution in [0.5, 0.6) is 0 Å². The highest BCUT2D eigenvalue weighted by Crippen LogP contribution is 2.30. The van der Waals surface area contributed by atoms with Gasteiger partial charge in [0.15, 0.2) is 0 Å². The van der Waals surface area contributed by atoms with Crippen LogP contribution in [-0.2, 0) is 6.42 Å². The van der Waals surface area contributed by atoms with E-state index in [0.29, 0.717) is 11.8 Å². The summed E-state index contributed by atoms with van der Waals surface area (Å²) in [5.74, 6) is 1.03. The van der Waals surface area contributed by atoms with E-state index in [1.807, 2.05) is 30.6 Å². The van der Waals surface area contributed by atoms with Gasteiger partial charge in [0.2, 0.25) is 0 Å². The molecule has 2 nitrogen and oxygen atoms in total. The Morgan fingerprint density at radius 2 is 1.86 bits per heavy atom. The molecule has 0 aliphatic rings. The van der Waals surface area contributed by atoms with Crippen molar-refractivity contribution in [3.63, 3.8) is 0 Å². The van der Waals surface area contributed by atoms with E-state index in [4.69, 9.17) is 0 Å². The van der Waals surface area contributed by atoms with Gasteiger partial charge in [0.05, 0.1) is 5.69 Å². The highest BCUT2D eigenvalue weighted by Gasteiger charge is 2.08. The van der Waals surface area contributed by atoms with E-state index in [1.165, 1.54) is 11.1 Å². The zero-order chi connectivity index (χ0) is 15.2. The van der Waals surface area contributed by atoms with Gasteiger partial charge in [-0.3, -0.25) is 9.98 Å². The molecule has 2 rings (SSSR count). The first kappa shape index (κ1) is 15.4. The fourth-order valence-electron chi connectivity index (χ4n) is 2.27. The van der Waals surface area contributed by atoms with Crippen molar-refractivity contribution in [1.29, 1.82) is 0 Å². The number of benzene rings is 1. The van der Waals surface area contributed by atoms with Crippen molar-refractivity contribution in [2.45, 2.75) is 46.0 Å². The molecule has 0 aliphatic heterocycles. The second-order valence-electron chi connectivity index (χ2n) is 5.96. The topological polar surface area (TPSA) is 25.2 Å². The zero-order valence-corrected chi connectivity index (χ0v) is 13.4. The lowest BCUT2D eigenvalue weighted by molar-refractivity contribution is 0.834. The molecule has 0 saturated carbocycles. The van der Waals surface area contributed by atoms with Crippen LogP contribution in [0.3, 0.4) is 0 Å². The maximum Gasteiger partial charge on any atom is 0.0660 e. The van der Waals surface area contributed by atoms with Crippen molar-refractivity contribution in [2.24, 2.45) is 4.99 Å². The highest BCUT2D eigenvalue weighted by molar-refractivity contribution is 5.67. The summed E-state index contributed by atoms with van der Waals surface area (Å²) in [7, 11) is 0. The van der Waals surface area contributed by atoms with Crippen LogP contribution in [0.25, 0.3) is 0 Å². The number of rotatable bonds is 5. The molecule has 0 unspecified atom stereocenters. The van der Waals surface area contributed by atoms with Gasteiger partial charge in [0.25, 0.3) is 0 Å². The lowest BCUT2D eigenvalue weighted by atomic mass is 9.94. The maximum absolute atomic E-state index is 4.66. The second-order valence-corrected chi connectivity index (χ2v) is 5.96. The quantitative estimate of drug-likeness (QED) is 0.685. The van der Waals surface area contributed by atoms with Crippen LogP contribution < -0.4 is 0 Å². The minimum absolute atomic E-state index is 0.478. The Balaban J connectivity index is 2.19.